The molecule has 1 amide bonds. The Bertz CT molecular complexity index is 115. The summed E-state index contributed by atoms with van der Waals surface area (Å²) in [5, 5.41) is 2.71. The van der Waals surface area contributed by atoms with E-state index in [1.807, 2.05) is 13.8 Å². The first kappa shape index (κ1) is 10.4. The summed E-state index contributed by atoms with van der Waals surface area (Å²) in [5.74, 6) is 0.290. The van der Waals surface area contributed by atoms with Crippen molar-refractivity contribution >= 4 is 5.91 Å². The van der Waals surface area contributed by atoms with Crippen LogP contribution in [0, 0.1) is 5.92 Å². The third-order valence-corrected chi connectivity index (χ3v) is 0.940. The number of carbonyl (C=O) groups excluding carboxylic acids is 1. The van der Waals surface area contributed by atoms with Crippen molar-refractivity contribution in [2.45, 2.75) is 13.8 Å². The Morgan fingerprint density at radius 2 is 2.18 bits per heavy atom. The van der Waals surface area contributed by atoms with E-state index in [-0.39, 0.29) is 12.5 Å². The largest absolute Gasteiger partial charge is 0.311 e. The van der Waals surface area contributed by atoms with Crippen LogP contribution in [0.3, 0.4) is 0 Å². The molecule has 0 aromatic heterocycles. The molecule has 0 atom stereocenters. The summed E-state index contributed by atoms with van der Waals surface area (Å²) in [6.07, 6.45) is 0. The van der Waals surface area contributed by atoms with Crippen molar-refractivity contribution in [2.75, 3.05) is 20.2 Å². The van der Waals surface area contributed by atoms with Gasteiger partial charge in [0.2, 0.25) is 0 Å². The molecule has 0 aromatic carbocycles. The first-order valence-corrected chi connectivity index (χ1v) is 3.72. The van der Waals surface area contributed by atoms with Gasteiger partial charge in [0, 0.05) is 0 Å². The third-order valence-electron chi connectivity index (χ3n) is 0.940. The molecule has 0 rings (SSSR count). The number of amides is 1. The Kier molecular flexibility index (Phi) is 5.78. The smallest absolute Gasteiger partial charge is 0.257 e. The van der Waals surface area contributed by atoms with Crippen LogP contribution in [0.2, 0.25) is 0 Å². The van der Waals surface area contributed by atoms with Crippen LogP contribution in [-0.4, -0.2) is 26.1 Å². The van der Waals surface area contributed by atoms with Gasteiger partial charge >= 0.3 is 0 Å². The lowest BCUT2D eigenvalue weighted by Crippen LogP contribution is -2.33. The van der Waals surface area contributed by atoms with Gasteiger partial charge in [-0.25, -0.2) is 5.48 Å². The Morgan fingerprint density at radius 1 is 1.55 bits per heavy atom. The average Bonchev–Trinajstić information content (AvgIpc) is 1.87. The van der Waals surface area contributed by atoms with Crippen molar-refractivity contribution in [2.24, 2.45) is 5.92 Å². The van der Waals surface area contributed by atoms with Gasteiger partial charge in [0.25, 0.3) is 5.91 Å². The molecule has 0 spiro atoms. The third kappa shape index (κ3) is 7.29. The molecule has 0 fully saturated rings. The van der Waals surface area contributed by atoms with E-state index in [1.165, 1.54) is 0 Å². The Morgan fingerprint density at radius 3 is 2.64 bits per heavy atom. The van der Waals surface area contributed by atoms with Gasteiger partial charge in [-0.3, -0.25) is 9.63 Å². The number of hydrogen-bond donors (Lipinski definition) is 2. The molecule has 0 heterocycles. The normalized spacial score (nSPS) is 10.2. The Balaban J connectivity index is 3.17. The van der Waals surface area contributed by atoms with Gasteiger partial charge < -0.3 is 5.32 Å². The number of rotatable bonds is 5. The van der Waals surface area contributed by atoms with Gasteiger partial charge in [0.1, 0.15) is 0 Å². The number of nitrogens with one attached hydrogen (secondary N) is 2. The summed E-state index contributed by atoms with van der Waals surface area (Å²) in [7, 11) is 1.71. The zero-order valence-corrected chi connectivity index (χ0v) is 7.31. The molecule has 4 heteroatoms. The molecule has 11 heavy (non-hydrogen) atoms. The predicted molar refractivity (Wildman–Crippen MR) is 42.9 cm³/mol. The molecule has 4 nitrogen and oxygen atoms in total. The van der Waals surface area contributed by atoms with Crippen molar-refractivity contribution < 1.29 is 9.63 Å². The molecular formula is C7H16N2O2. The van der Waals surface area contributed by atoms with E-state index in [4.69, 9.17) is 4.84 Å². The van der Waals surface area contributed by atoms with Crippen molar-refractivity contribution in [1.29, 1.82) is 0 Å². The summed E-state index contributed by atoms with van der Waals surface area (Å²) in [4.78, 5) is 15.6. The van der Waals surface area contributed by atoms with Crippen molar-refractivity contribution in [3.63, 3.8) is 0 Å². The fourth-order valence-electron chi connectivity index (χ4n) is 0.485. The van der Waals surface area contributed by atoms with Crippen LogP contribution in [0.1, 0.15) is 13.8 Å². The minimum atomic E-state index is -0.145. The number of likely N-dealkylation sites (N-methyl/N-ethyl adjacent to an activating group) is 1. The van der Waals surface area contributed by atoms with E-state index in [0.29, 0.717) is 12.5 Å². The van der Waals surface area contributed by atoms with E-state index < -0.39 is 0 Å². The lowest BCUT2D eigenvalue weighted by molar-refractivity contribution is -0.133. The molecule has 2 N–H and O–H groups in total. The number of carbonyl (C=O) groups is 1. The second-order valence-electron chi connectivity index (χ2n) is 2.76. The quantitative estimate of drug-likeness (QED) is 0.553. The van der Waals surface area contributed by atoms with Crippen molar-refractivity contribution in [3.8, 4) is 0 Å². The van der Waals surface area contributed by atoms with E-state index in [1.54, 1.807) is 7.05 Å². The van der Waals surface area contributed by atoms with Gasteiger partial charge in [0.15, 0.2) is 0 Å². The van der Waals surface area contributed by atoms with Crippen LogP contribution in [0.4, 0.5) is 0 Å². The maximum atomic E-state index is 10.7. The maximum Gasteiger partial charge on any atom is 0.257 e. The SMILES string of the molecule is CNCC(=O)NOCC(C)C. The van der Waals surface area contributed by atoms with Crippen LogP contribution in [0.5, 0.6) is 0 Å². The Labute approximate surface area is 67.3 Å². The standard InChI is InChI=1S/C7H16N2O2/c1-6(2)5-11-9-7(10)4-8-3/h6,8H,4-5H2,1-3H3,(H,9,10). The van der Waals surface area contributed by atoms with Gasteiger partial charge in [-0.2, -0.15) is 0 Å². The zero-order chi connectivity index (χ0) is 8.69. The second kappa shape index (κ2) is 6.12. The molecular weight excluding hydrogens is 144 g/mol. The molecule has 0 saturated heterocycles. The number of hydrogen-bond acceptors (Lipinski definition) is 3. The first-order chi connectivity index (χ1) is 5.16. The second-order valence-corrected chi connectivity index (χ2v) is 2.76. The monoisotopic (exact) mass is 160 g/mol. The van der Waals surface area contributed by atoms with Crippen LogP contribution in [-0.2, 0) is 9.63 Å². The van der Waals surface area contributed by atoms with Crippen molar-refractivity contribution in [3.05, 3.63) is 0 Å². The number of hydroxylamine groups is 1. The summed E-state index contributed by atoms with van der Waals surface area (Å²) < 4.78 is 0. The molecule has 0 aliphatic carbocycles. The molecule has 0 saturated carbocycles. The molecule has 0 radical (unpaired) electrons. The van der Waals surface area contributed by atoms with Crippen LogP contribution < -0.4 is 10.8 Å². The maximum absolute atomic E-state index is 10.7. The summed E-state index contributed by atoms with van der Waals surface area (Å²) in [5.41, 5.74) is 2.31. The molecule has 66 valence electrons. The van der Waals surface area contributed by atoms with E-state index in [9.17, 15) is 4.79 Å². The van der Waals surface area contributed by atoms with Gasteiger partial charge in [0.05, 0.1) is 13.2 Å². The highest BCUT2D eigenvalue weighted by Gasteiger charge is 1.98. The molecule has 0 bridgehead atoms. The summed E-state index contributed by atoms with van der Waals surface area (Å²) in [6.45, 7) is 4.88. The first-order valence-electron chi connectivity index (χ1n) is 3.72. The molecule has 0 aliphatic heterocycles. The summed E-state index contributed by atoms with van der Waals surface area (Å²) >= 11 is 0. The molecule has 0 unspecified atom stereocenters. The van der Waals surface area contributed by atoms with Gasteiger partial charge in [-0.15, -0.1) is 0 Å². The lowest BCUT2D eigenvalue weighted by atomic mass is 10.2. The summed E-state index contributed by atoms with van der Waals surface area (Å²) in [6, 6.07) is 0. The lowest BCUT2D eigenvalue weighted by Gasteiger charge is -2.06. The Hall–Kier alpha value is -0.610. The minimum absolute atomic E-state index is 0.145. The van der Waals surface area contributed by atoms with E-state index >= 15 is 0 Å². The zero-order valence-electron chi connectivity index (χ0n) is 7.31. The highest BCUT2D eigenvalue weighted by Crippen LogP contribution is 1.89. The van der Waals surface area contributed by atoms with Gasteiger partial charge in [-0.1, -0.05) is 13.8 Å². The molecule has 0 aliphatic rings. The van der Waals surface area contributed by atoms with Crippen LogP contribution >= 0.6 is 0 Å². The average molecular weight is 160 g/mol. The van der Waals surface area contributed by atoms with E-state index in [2.05, 4.69) is 10.8 Å². The van der Waals surface area contributed by atoms with Gasteiger partial charge in [-0.05, 0) is 13.0 Å². The minimum Gasteiger partial charge on any atom is -0.311 e. The van der Waals surface area contributed by atoms with Crippen LogP contribution in [0.15, 0.2) is 0 Å². The van der Waals surface area contributed by atoms with Crippen molar-refractivity contribution in [1.82, 2.24) is 10.8 Å². The topological polar surface area (TPSA) is 50.4 Å². The highest BCUT2D eigenvalue weighted by atomic mass is 16.6. The molecule has 0 aromatic rings. The van der Waals surface area contributed by atoms with Crippen LogP contribution in [0.25, 0.3) is 0 Å². The highest BCUT2D eigenvalue weighted by molar-refractivity contribution is 5.76. The fraction of sp³-hybridized carbons (Fsp3) is 0.857. The fourth-order valence-corrected chi connectivity index (χ4v) is 0.485. The van der Waals surface area contributed by atoms with E-state index in [0.717, 1.165) is 0 Å². The predicted octanol–water partition coefficient (Wildman–Crippen LogP) is -0.0904.